The number of hydrogen-bond donors (Lipinski definition) is 3. The molecule has 1 aromatic rings. The molecule has 1 rings (SSSR count). The summed E-state index contributed by atoms with van der Waals surface area (Å²) in [6.45, 7) is 0. The largest absolute Gasteiger partial charge is 0.483 e. The number of nitrogens with zero attached hydrogens (tertiary/aromatic N) is 1. The third-order valence-corrected chi connectivity index (χ3v) is 2.00. The van der Waals surface area contributed by atoms with Gasteiger partial charge in [0.25, 0.3) is 0 Å². The number of carbonyl (C=O) groups is 1. The molecule has 0 saturated carbocycles. The van der Waals surface area contributed by atoms with Gasteiger partial charge in [0.05, 0.1) is 5.56 Å². The molecular formula is C6H7NO4P+. The van der Waals surface area contributed by atoms with Crippen LogP contribution < -0.4 is 0 Å². The average molecular weight is 188 g/mol. The van der Waals surface area contributed by atoms with Crippen LogP contribution in [0.25, 0.3) is 0 Å². The molecule has 0 bridgehead atoms. The molecule has 0 aliphatic rings. The van der Waals surface area contributed by atoms with Crippen LogP contribution in [0.4, 0.5) is 0 Å². The van der Waals surface area contributed by atoms with Crippen LogP contribution in [0.2, 0.25) is 0 Å². The monoisotopic (exact) mass is 188 g/mol. The minimum Gasteiger partial charge on any atom is -0.265 e. The highest BCUT2D eigenvalue weighted by Crippen LogP contribution is 2.47. The van der Waals surface area contributed by atoms with E-state index in [-0.39, 0.29) is 5.56 Å². The molecule has 0 fully saturated rings. The van der Waals surface area contributed by atoms with Crippen molar-refractivity contribution < 1.29 is 19.5 Å². The summed E-state index contributed by atoms with van der Waals surface area (Å²) in [6.07, 6.45) is 2.64. The molecule has 0 radical (unpaired) electrons. The standard InChI is InChI=1S/C6H7NO4P/c8-6(12(9,10)11)5-1-3-7-4-2-5/h1-4,9-11H/q+1. The molecule has 0 unspecified atom stereocenters. The van der Waals surface area contributed by atoms with Gasteiger partial charge in [-0.1, -0.05) is 0 Å². The molecule has 6 heteroatoms. The molecular weight excluding hydrogens is 181 g/mol. The summed E-state index contributed by atoms with van der Waals surface area (Å²) in [7, 11) is -4.40. The van der Waals surface area contributed by atoms with Gasteiger partial charge in [0.1, 0.15) is 0 Å². The number of carbonyl (C=O) groups excluding carboxylic acids is 1. The lowest BCUT2D eigenvalue weighted by molar-refractivity contribution is 0.102. The smallest absolute Gasteiger partial charge is 0.265 e. The minimum absolute atomic E-state index is 0.0332. The van der Waals surface area contributed by atoms with Gasteiger partial charge in [-0.05, 0) is 12.1 Å². The fraction of sp³-hybridized carbons (Fsp3) is 0. The van der Waals surface area contributed by atoms with E-state index < -0.39 is 13.5 Å². The van der Waals surface area contributed by atoms with Crippen LogP contribution in [-0.2, 0) is 0 Å². The molecule has 0 aromatic carbocycles. The third kappa shape index (κ3) is 2.06. The van der Waals surface area contributed by atoms with Crippen molar-refractivity contribution in [3.63, 3.8) is 0 Å². The van der Waals surface area contributed by atoms with Gasteiger partial charge >= 0.3 is 13.5 Å². The first-order chi connectivity index (χ1) is 5.52. The molecule has 0 aliphatic carbocycles. The zero-order chi connectivity index (χ0) is 9.19. The Kier molecular flexibility index (Phi) is 2.49. The van der Waals surface area contributed by atoms with Crippen molar-refractivity contribution in [2.75, 3.05) is 0 Å². The summed E-state index contributed by atoms with van der Waals surface area (Å²) < 4.78 is 0. The van der Waals surface area contributed by atoms with E-state index in [4.69, 9.17) is 14.7 Å². The Balaban J connectivity index is 2.94. The lowest BCUT2D eigenvalue weighted by atomic mass is 10.3. The lowest BCUT2D eigenvalue weighted by Gasteiger charge is -1.99. The fourth-order valence-electron chi connectivity index (χ4n) is 0.668. The van der Waals surface area contributed by atoms with Gasteiger partial charge in [-0.15, -0.1) is 0 Å². The molecule has 12 heavy (non-hydrogen) atoms. The Labute approximate surface area is 68.9 Å². The van der Waals surface area contributed by atoms with E-state index in [9.17, 15) is 4.79 Å². The summed E-state index contributed by atoms with van der Waals surface area (Å²) >= 11 is 0. The summed E-state index contributed by atoms with van der Waals surface area (Å²) in [5.41, 5.74) is -1.03. The van der Waals surface area contributed by atoms with Crippen LogP contribution in [-0.4, -0.2) is 25.2 Å². The zero-order valence-electron chi connectivity index (χ0n) is 5.95. The molecule has 0 amide bonds. The average Bonchev–Trinajstić information content (AvgIpc) is 2.03. The molecule has 0 saturated heterocycles. The van der Waals surface area contributed by atoms with Gasteiger partial charge < -0.3 is 0 Å². The van der Waals surface area contributed by atoms with E-state index in [1.807, 2.05) is 0 Å². The van der Waals surface area contributed by atoms with Crippen molar-refractivity contribution in [1.29, 1.82) is 0 Å². The van der Waals surface area contributed by atoms with Crippen molar-refractivity contribution in [3.05, 3.63) is 30.1 Å². The number of hydrogen-bond acceptors (Lipinski definition) is 5. The van der Waals surface area contributed by atoms with E-state index in [2.05, 4.69) is 4.98 Å². The summed E-state index contributed by atoms with van der Waals surface area (Å²) in [6, 6.07) is 2.58. The topological polar surface area (TPSA) is 90.7 Å². The van der Waals surface area contributed by atoms with Gasteiger partial charge in [0, 0.05) is 12.4 Å². The predicted octanol–water partition coefficient (Wildman–Crippen LogP) is -0.0387. The number of pyridine rings is 1. The van der Waals surface area contributed by atoms with Crippen LogP contribution in [0.1, 0.15) is 10.4 Å². The molecule has 3 N–H and O–H groups in total. The first-order valence-electron chi connectivity index (χ1n) is 3.04. The Bertz CT molecular complexity index is 281. The van der Waals surface area contributed by atoms with Crippen molar-refractivity contribution in [2.24, 2.45) is 0 Å². The molecule has 5 nitrogen and oxygen atoms in total. The van der Waals surface area contributed by atoms with Crippen molar-refractivity contribution in [1.82, 2.24) is 4.98 Å². The second kappa shape index (κ2) is 3.25. The molecule has 0 aliphatic heterocycles. The first kappa shape index (κ1) is 9.22. The normalized spacial score (nSPS) is 11.2. The summed E-state index contributed by atoms with van der Waals surface area (Å²) in [5, 5.41) is 0. The molecule has 1 heterocycles. The van der Waals surface area contributed by atoms with E-state index in [1.54, 1.807) is 0 Å². The Morgan fingerprint density at radius 1 is 1.25 bits per heavy atom. The first-order valence-corrected chi connectivity index (χ1v) is 4.69. The second-order valence-corrected chi connectivity index (χ2v) is 3.65. The number of rotatable bonds is 2. The quantitative estimate of drug-likeness (QED) is 0.566. The maximum Gasteiger partial charge on any atom is 0.483 e. The van der Waals surface area contributed by atoms with Crippen molar-refractivity contribution >= 4 is 13.5 Å². The van der Waals surface area contributed by atoms with Gasteiger partial charge in [-0.2, -0.15) is 14.7 Å². The molecule has 64 valence electrons. The second-order valence-electron chi connectivity index (χ2n) is 2.11. The van der Waals surface area contributed by atoms with Crippen molar-refractivity contribution in [3.8, 4) is 0 Å². The zero-order valence-corrected chi connectivity index (χ0v) is 6.85. The Morgan fingerprint density at radius 3 is 2.17 bits per heavy atom. The fourth-order valence-corrected chi connectivity index (χ4v) is 1.16. The van der Waals surface area contributed by atoms with E-state index in [1.165, 1.54) is 24.5 Å². The summed E-state index contributed by atoms with van der Waals surface area (Å²) in [5.74, 6) is 0. The van der Waals surface area contributed by atoms with Gasteiger partial charge in [-0.25, -0.2) is 4.79 Å². The van der Waals surface area contributed by atoms with Crippen LogP contribution in [0.15, 0.2) is 24.5 Å². The van der Waals surface area contributed by atoms with Crippen LogP contribution in [0, 0.1) is 0 Å². The van der Waals surface area contributed by atoms with Gasteiger partial charge in [-0.3, -0.25) is 4.98 Å². The Morgan fingerprint density at radius 2 is 1.75 bits per heavy atom. The third-order valence-electron chi connectivity index (χ3n) is 1.20. The van der Waals surface area contributed by atoms with Gasteiger partial charge in [0.15, 0.2) is 0 Å². The van der Waals surface area contributed by atoms with Crippen LogP contribution in [0.5, 0.6) is 0 Å². The number of aromatic nitrogens is 1. The van der Waals surface area contributed by atoms with E-state index in [0.717, 1.165) is 0 Å². The maximum atomic E-state index is 10.9. The van der Waals surface area contributed by atoms with Crippen molar-refractivity contribution in [2.45, 2.75) is 0 Å². The highest BCUT2D eigenvalue weighted by atomic mass is 31.2. The maximum absolute atomic E-state index is 10.9. The van der Waals surface area contributed by atoms with Crippen LogP contribution in [0.3, 0.4) is 0 Å². The minimum atomic E-state index is -4.40. The van der Waals surface area contributed by atoms with Crippen LogP contribution >= 0.6 is 7.94 Å². The molecule has 0 spiro atoms. The van der Waals surface area contributed by atoms with E-state index >= 15 is 0 Å². The highest BCUT2D eigenvalue weighted by Gasteiger charge is 2.43. The summed E-state index contributed by atoms with van der Waals surface area (Å²) in [4.78, 5) is 40.3. The predicted molar refractivity (Wildman–Crippen MR) is 42.1 cm³/mol. The highest BCUT2D eigenvalue weighted by molar-refractivity contribution is 7.76. The van der Waals surface area contributed by atoms with Gasteiger partial charge in [0.2, 0.25) is 0 Å². The Hall–Kier alpha value is -0.870. The lowest BCUT2D eigenvalue weighted by Crippen LogP contribution is -2.05. The van der Waals surface area contributed by atoms with E-state index in [0.29, 0.717) is 0 Å². The molecule has 0 atom stereocenters. The SMILES string of the molecule is O=C(c1ccncc1)[P+](O)(O)O. The molecule has 1 aromatic heterocycles.